The van der Waals surface area contributed by atoms with E-state index in [1.165, 1.54) is 37.9 Å². The van der Waals surface area contributed by atoms with Gasteiger partial charge < -0.3 is 15.2 Å². The van der Waals surface area contributed by atoms with Crippen LogP contribution in [0.2, 0.25) is 0 Å². The first-order valence-electron chi connectivity index (χ1n) is 12.5. The first kappa shape index (κ1) is 21.7. The fourth-order valence-electron chi connectivity index (χ4n) is 5.12. The van der Waals surface area contributed by atoms with Crippen LogP contribution in [0, 0.1) is 0 Å². The number of hydrogen-bond acceptors (Lipinski definition) is 6. The summed E-state index contributed by atoms with van der Waals surface area (Å²) in [6.07, 6.45) is 5.94. The molecule has 8 nitrogen and oxygen atoms in total. The van der Waals surface area contributed by atoms with Crippen LogP contribution in [0.3, 0.4) is 0 Å². The standard InChI is InChI=1S/C27H30N8/c1-3-8-19(9-4-1)16-21-18-24-25(27(29-21)28-12-7-15-35-13-5-2-6-14-35)22-11-10-20(17-23(22)30-24)26-31-33-34-32-26/h1,3-4,8-11,17-18,30H,2,5-7,12-16H2,(H,28,29)(H,31,32,33,34). The van der Waals surface area contributed by atoms with Crippen LogP contribution >= 0.6 is 0 Å². The monoisotopic (exact) mass is 466 g/mol. The van der Waals surface area contributed by atoms with Crippen molar-refractivity contribution in [2.45, 2.75) is 32.1 Å². The van der Waals surface area contributed by atoms with Gasteiger partial charge in [-0.25, -0.2) is 4.98 Å². The number of rotatable bonds is 8. The van der Waals surface area contributed by atoms with Crippen LogP contribution in [-0.4, -0.2) is 61.7 Å². The molecule has 0 aliphatic carbocycles. The summed E-state index contributed by atoms with van der Waals surface area (Å²) in [6.45, 7) is 4.52. The Balaban J connectivity index is 1.32. The summed E-state index contributed by atoms with van der Waals surface area (Å²) in [6, 6.07) is 18.9. The molecule has 178 valence electrons. The lowest BCUT2D eigenvalue weighted by molar-refractivity contribution is 0.228. The molecule has 0 saturated carbocycles. The maximum atomic E-state index is 5.09. The van der Waals surface area contributed by atoms with Crippen LogP contribution < -0.4 is 5.32 Å². The summed E-state index contributed by atoms with van der Waals surface area (Å²) < 4.78 is 0. The second-order valence-corrected chi connectivity index (χ2v) is 9.35. The predicted octanol–water partition coefficient (Wildman–Crippen LogP) is 4.77. The minimum Gasteiger partial charge on any atom is -0.369 e. The van der Waals surface area contributed by atoms with Gasteiger partial charge in [0, 0.05) is 40.5 Å². The van der Waals surface area contributed by atoms with Gasteiger partial charge in [-0.05, 0) is 61.8 Å². The van der Waals surface area contributed by atoms with E-state index in [1.807, 2.05) is 6.07 Å². The molecule has 1 fully saturated rings. The highest BCUT2D eigenvalue weighted by Crippen LogP contribution is 2.33. The van der Waals surface area contributed by atoms with Gasteiger partial charge in [-0.15, -0.1) is 10.2 Å². The Labute approximate surface area is 204 Å². The Morgan fingerprint density at radius 3 is 2.66 bits per heavy atom. The molecule has 5 aromatic rings. The first-order chi connectivity index (χ1) is 17.3. The van der Waals surface area contributed by atoms with E-state index < -0.39 is 0 Å². The van der Waals surface area contributed by atoms with E-state index in [2.05, 4.69) is 84.4 Å². The number of fused-ring (bicyclic) bond motifs is 3. The minimum atomic E-state index is 0.588. The zero-order valence-corrected chi connectivity index (χ0v) is 19.8. The number of aromatic nitrogens is 6. The highest BCUT2D eigenvalue weighted by Gasteiger charge is 2.15. The van der Waals surface area contributed by atoms with Crippen LogP contribution in [0.15, 0.2) is 54.6 Å². The summed E-state index contributed by atoms with van der Waals surface area (Å²) >= 11 is 0. The van der Waals surface area contributed by atoms with Gasteiger partial charge in [0.1, 0.15) is 5.82 Å². The number of aromatic amines is 2. The molecule has 0 radical (unpaired) electrons. The molecule has 1 saturated heterocycles. The molecule has 3 N–H and O–H groups in total. The molecular weight excluding hydrogens is 436 g/mol. The van der Waals surface area contributed by atoms with Gasteiger partial charge in [0.2, 0.25) is 5.82 Å². The molecule has 0 bridgehead atoms. The number of nitrogens with zero attached hydrogens (tertiary/aromatic N) is 5. The van der Waals surface area contributed by atoms with Gasteiger partial charge in [-0.2, -0.15) is 5.21 Å². The number of H-pyrrole nitrogens is 2. The Kier molecular flexibility index (Phi) is 6.11. The second kappa shape index (κ2) is 9.84. The molecule has 4 heterocycles. The van der Waals surface area contributed by atoms with Crippen LogP contribution in [0.1, 0.15) is 36.9 Å². The number of hydrogen-bond donors (Lipinski definition) is 3. The SMILES string of the molecule is c1ccc(Cc2cc3[nH]c4cc(-c5nn[nH]n5)ccc4c3c(NCCCN3CCCCC3)n2)cc1. The van der Waals surface area contributed by atoms with E-state index in [0.717, 1.165) is 64.8 Å². The van der Waals surface area contributed by atoms with Crippen molar-refractivity contribution in [3.63, 3.8) is 0 Å². The van der Waals surface area contributed by atoms with Crippen LogP contribution in [0.25, 0.3) is 33.2 Å². The zero-order chi connectivity index (χ0) is 23.5. The number of piperidine rings is 1. The molecule has 0 amide bonds. The van der Waals surface area contributed by atoms with Crippen molar-refractivity contribution in [2.24, 2.45) is 0 Å². The molecule has 0 unspecified atom stereocenters. The molecule has 3 aromatic heterocycles. The van der Waals surface area contributed by atoms with E-state index in [0.29, 0.717) is 5.82 Å². The van der Waals surface area contributed by atoms with Crippen molar-refractivity contribution in [3.8, 4) is 11.4 Å². The number of anilines is 1. The molecule has 0 atom stereocenters. The number of nitrogens with one attached hydrogen (secondary N) is 3. The third-order valence-corrected chi connectivity index (χ3v) is 6.85. The van der Waals surface area contributed by atoms with Crippen LogP contribution in [0.5, 0.6) is 0 Å². The van der Waals surface area contributed by atoms with Gasteiger partial charge in [0.05, 0.1) is 5.52 Å². The average Bonchev–Trinajstić information content (AvgIpc) is 3.55. The largest absolute Gasteiger partial charge is 0.369 e. The Hall–Kier alpha value is -3.78. The normalized spacial score (nSPS) is 14.6. The zero-order valence-electron chi connectivity index (χ0n) is 19.8. The van der Waals surface area contributed by atoms with Crippen molar-refractivity contribution < 1.29 is 0 Å². The smallest absolute Gasteiger partial charge is 0.204 e. The Bertz CT molecular complexity index is 1400. The highest BCUT2D eigenvalue weighted by molar-refractivity contribution is 6.13. The topological polar surface area (TPSA) is 98.4 Å². The first-order valence-corrected chi connectivity index (χ1v) is 12.5. The number of tetrazole rings is 1. The van der Waals surface area contributed by atoms with E-state index in [4.69, 9.17) is 4.98 Å². The number of likely N-dealkylation sites (tertiary alicyclic amines) is 1. The summed E-state index contributed by atoms with van der Waals surface area (Å²) in [5.74, 6) is 1.54. The van der Waals surface area contributed by atoms with Crippen LogP contribution in [-0.2, 0) is 6.42 Å². The van der Waals surface area contributed by atoms with Crippen molar-refractivity contribution in [2.75, 3.05) is 31.5 Å². The van der Waals surface area contributed by atoms with Crippen molar-refractivity contribution >= 4 is 27.6 Å². The summed E-state index contributed by atoms with van der Waals surface area (Å²) in [4.78, 5) is 11.3. The lowest BCUT2D eigenvalue weighted by Crippen LogP contribution is -2.31. The number of benzene rings is 2. The average molecular weight is 467 g/mol. The Morgan fingerprint density at radius 2 is 1.83 bits per heavy atom. The molecule has 1 aliphatic heterocycles. The molecule has 8 heteroatoms. The van der Waals surface area contributed by atoms with Gasteiger partial charge in [-0.1, -0.05) is 48.9 Å². The van der Waals surface area contributed by atoms with E-state index in [9.17, 15) is 0 Å². The van der Waals surface area contributed by atoms with Crippen molar-refractivity contribution in [3.05, 3.63) is 65.9 Å². The Morgan fingerprint density at radius 1 is 0.943 bits per heavy atom. The summed E-state index contributed by atoms with van der Waals surface area (Å²) in [7, 11) is 0. The maximum absolute atomic E-state index is 5.09. The molecule has 35 heavy (non-hydrogen) atoms. The third kappa shape index (κ3) is 4.74. The quantitative estimate of drug-likeness (QED) is 0.285. The molecule has 1 aliphatic rings. The third-order valence-electron chi connectivity index (χ3n) is 6.85. The van der Waals surface area contributed by atoms with Gasteiger partial charge in [0.25, 0.3) is 0 Å². The summed E-state index contributed by atoms with van der Waals surface area (Å²) in [5.41, 5.74) is 5.35. The molecule has 2 aromatic carbocycles. The van der Waals surface area contributed by atoms with Crippen LogP contribution in [0.4, 0.5) is 5.82 Å². The fraction of sp³-hybridized carbons (Fsp3) is 0.333. The molecular formula is C27H30N8. The maximum Gasteiger partial charge on any atom is 0.204 e. The summed E-state index contributed by atoms with van der Waals surface area (Å²) in [5, 5.41) is 20.4. The fourth-order valence-corrected chi connectivity index (χ4v) is 5.12. The minimum absolute atomic E-state index is 0.588. The predicted molar refractivity (Wildman–Crippen MR) is 139 cm³/mol. The highest BCUT2D eigenvalue weighted by atomic mass is 15.5. The van der Waals surface area contributed by atoms with E-state index >= 15 is 0 Å². The molecule has 0 spiro atoms. The number of pyridine rings is 1. The van der Waals surface area contributed by atoms with E-state index in [1.54, 1.807) is 0 Å². The second-order valence-electron chi connectivity index (χ2n) is 9.35. The van der Waals surface area contributed by atoms with E-state index in [-0.39, 0.29) is 0 Å². The van der Waals surface area contributed by atoms with Crippen molar-refractivity contribution in [1.82, 2.24) is 35.5 Å². The van der Waals surface area contributed by atoms with Crippen molar-refractivity contribution in [1.29, 1.82) is 0 Å². The lowest BCUT2D eigenvalue weighted by atomic mass is 10.1. The molecule has 6 rings (SSSR count). The van der Waals surface area contributed by atoms with Gasteiger partial charge in [0.15, 0.2) is 0 Å². The lowest BCUT2D eigenvalue weighted by Gasteiger charge is -2.26. The van der Waals surface area contributed by atoms with Gasteiger partial charge in [-0.3, -0.25) is 0 Å². The van der Waals surface area contributed by atoms with Gasteiger partial charge >= 0.3 is 0 Å².